The lowest BCUT2D eigenvalue weighted by atomic mass is 9.99. The highest BCUT2D eigenvalue weighted by atomic mass is 16.5. The van der Waals surface area contributed by atoms with E-state index in [2.05, 4.69) is 9.97 Å². The van der Waals surface area contributed by atoms with Crippen LogP contribution in [0.5, 0.6) is 17.4 Å². The van der Waals surface area contributed by atoms with Gasteiger partial charge in [0.05, 0.1) is 13.0 Å². The molecule has 0 aliphatic carbocycles. The molecule has 0 bridgehead atoms. The Labute approximate surface area is 135 Å². The molecule has 1 aliphatic rings. The summed E-state index contributed by atoms with van der Waals surface area (Å²) >= 11 is 0. The highest BCUT2D eigenvalue weighted by Gasteiger charge is 2.32. The minimum Gasteiger partial charge on any atom is -0.497 e. The summed E-state index contributed by atoms with van der Waals surface area (Å²) in [7, 11) is 1.61. The van der Waals surface area contributed by atoms with Crippen molar-refractivity contribution in [1.29, 1.82) is 0 Å². The third-order valence-corrected chi connectivity index (χ3v) is 3.80. The smallest absolute Gasteiger partial charge is 0.222 e. The molecule has 23 heavy (non-hydrogen) atoms. The van der Waals surface area contributed by atoms with E-state index in [1.165, 1.54) is 0 Å². The number of carbonyl (C=O) groups excluding carboxylic acids is 1. The minimum atomic E-state index is 0.0850. The summed E-state index contributed by atoms with van der Waals surface area (Å²) in [4.78, 5) is 22.0. The molecule has 1 saturated heterocycles. The molecule has 0 atom stereocenters. The van der Waals surface area contributed by atoms with Crippen LogP contribution in [-0.4, -0.2) is 41.0 Å². The van der Waals surface area contributed by atoms with Gasteiger partial charge in [-0.3, -0.25) is 4.79 Å². The monoisotopic (exact) mass is 313 g/mol. The summed E-state index contributed by atoms with van der Waals surface area (Å²) < 4.78 is 11.0. The zero-order chi connectivity index (χ0) is 16.4. The first-order valence-corrected chi connectivity index (χ1v) is 7.48. The Morgan fingerprint density at radius 2 is 1.96 bits per heavy atom. The van der Waals surface area contributed by atoms with Crippen molar-refractivity contribution in [2.75, 3.05) is 20.2 Å². The van der Waals surface area contributed by atoms with Gasteiger partial charge in [0.1, 0.15) is 17.3 Å². The summed E-state index contributed by atoms with van der Waals surface area (Å²) in [6.45, 7) is 4.81. The van der Waals surface area contributed by atoms with Crippen LogP contribution in [0.2, 0.25) is 0 Å². The van der Waals surface area contributed by atoms with Crippen molar-refractivity contribution >= 4 is 5.91 Å². The molecule has 3 rings (SSSR count). The van der Waals surface area contributed by atoms with Crippen LogP contribution in [0.1, 0.15) is 24.4 Å². The highest BCUT2D eigenvalue weighted by Crippen LogP contribution is 2.28. The van der Waals surface area contributed by atoms with Crippen LogP contribution >= 0.6 is 0 Å². The lowest BCUT2D eigenvalue weighted by Gasteiger charge is -2.37. The number of hydrogen-bond donors (Lipinski definition) is 0. The maximum atomic E-state index is 11.3. The van der Waals surface area contributed by atoms with Crippen LogP contribution in [-0.2, 0) is 4.79 Å². The van der Waals surface area contributed by atoms with Crippen molar-refractivity contribution in [2.24, 2.45) is 0 Å². The lowest BCUT2D eigenvalue weighted by molar-refractivity contribution is -0.133. The number of nitrogens with zero attached hydrogens (tertiary/aromatic N) is 3. The lowest BCUT2D eigenvalue weighted by Crippen LogP contribution is -2.48. The molecule has 1 fully saturated rings. The third kappa shape index (κ3) is 3.41. The Bertz CT molecular complexity index is 727. The topological polar surface area (TPSA) is 64.6 Å². The number of benzene rings is 1. The number of aromatic nitrogens is 2. The van der Waals surface area contributed by atoms with Crippen LogP contribution in [0.3, 0.4) is 0 Å². The van der Waals surface area contributed by atoms with Gasteiger partial charge in [-0.05, 0) is 19.1 Å². The number of methoxy groups -OCH3 is 1. The number of hydrogen-bond acceptors (Lipinski definition) is 5. The summed E-state index contributed by atoms with van der Waals surface area (Å²) in [6, 6.07) is 9.16. The standard InChI is InChI=1S/C17H19N3O3/c1-11-7-16(23-15-6-4-5-14(8-15)22-3)19-17(18-11)13-9-20(10-13)12(2)21/h4-8,13H,9-10H2,1-3H3. The van der Waals surface area contributed by atoms with E-state index in [1.807, 2.05) is 25.1 Å². The fourth-order valence-electron chi connectivity index (χ4n) is 2.48. The number of aryl methyl sites for hydroxylation is 1. The SMILES string of the molecule is COc1cccc(Oc2cc(C)nc(C3CN(C(C)=O)C3)n2)c1. The second-order valence-corrected chi connectivity index (χ2v) is 5.61. The molecule has 0 N–H and O–H groups in total. The molecule has 2 heterocycles. The van der Waals surface area contributed by atoms with Gasteiger partial charge in [-0.15, -0.1) is 0 Å². The van der Waals surface area contributed by atoms with Crippen molar-refractivity contribution in [3.63, 3.8) is 0 Å². The van der Waals surface area contributed by atoms with Crippen molar-refractivity contribution in [2.45, 2.75) is 19.8 Å². The van der Waals surface area contributed by atoms with E-state index in [4.69, 9.17) is 9.47 Å². The summed E-state index contributed by atoms with van der Waals surface area (Å²) in [5, 5.41) is 0. The van der Waals surface area contributed by atoms with Gasteiger partial charge in [0.15, 0.2) is 0 Å². The van der Waals surface area contributed by atoms with E-state index in [-0.39, 0.29) is 11.8 Å². The van der Waals surface area contributed by atoms with E-state index in [0.717, 1.165) is 17.3 Å². The number of amides is 1. The summed E-state index contributed by atoms with van der Waals surface area (Å²) in [5.74, 6) is 2.87. The molecule has 6 heteroatoms. The molecule has 0 unspecified atom stereocenters. The van der Waals surface area contributed by atoms with Crippen LogP contribution in [0.4, 0.5) is 0 Å². The maximum absolute atomic E-state index is 11.3. The average Bonchev–Trinajstić information content (AvgIpc) is 2.45. The summed E-state index contributed by atoms with van der Waals surface area (Å²) in [5.41, 5.74) is 0.842. The average molecular weight is 313 g/mol. The maximum Gasteiger partial charge on any atom is 0.222 e. The zero-order valence-corrected chi connectivity index (χ0v) is 13.4. The largest absolute Gasteiger partial charge is 0.497 e. The minimum absolute atomic E-state index is 0.0850. The van der Waals surface area contributed by atoms with Crippen LogP contribution in [0, 0.1) is 6.92 Å². The van der Waals surface area contributed by atoms with Crippen molar-refractivity contribution in [3.05, 3.63) is 41.9 Å². The number of carbonyl (C=O) groups is 1. The first kappa shape index (κ1) is 15.3. The molecular formula is C17H19N3O3. The van der Waals surface area contributed by atoms with Gasteiger partial charge in [-0.1, -0.05) is 6.07 Å². The van der Waals surface area contributed by atoms with Crippen molar-refractivity contribution < 1.29 is 14.3 Å². The molecule has 0 radical (unpaired) electrons. The molecule has 1 aromatic carbocycles. The zero-order valence-electron chi connectivity index (χ0n) is 13.4. The van der Waals surface area contributed by atoms with Crippen molar-refractivity contribution in [3.8, 4) is 17.4 Å². The number of ether oxygens (including phenoxy) is 2. The second-order valence-electron chi connectivity index (χ2n) is 5.61. The van der Waals surface area contributed by atoms with Gasteiger partial charge in [0, 0.05) is 37.8 Å². The molecule has 1 amide bonds. The molecule has 2 aromatic rings. The predicted molar refractivity (Wildman–Crippen MR) is 84.8 cm³/mol. The molecule has 1 aliphatic heterocycles. The third-order valence-electron chi connectivity index (χ3n) is 3.80. The normalized spacial score (nSPS) is 14.3. The van der Waals surface area contributed by atoms with E-state index in [1.54, 1.807) is 31.1 Å². The number of likely N-dealkylation sites (tertiary alicyclic amines) is 1. The Kier molecular flexibility index (Phi) is 4.14. The van der Waals surface area contributed by atoms with Gasteiger partial charge < -0.3 is 14.4 Å². The van der Waals surface area contributed by atoms with E-state index in [0.29, 0.717) is 24.7 Å². The molecule has 120 valence electrons. The van der Waals surface area contributed by atoms with Crippen LogP contribution in [0.25, 0.3) is 0 Å². The van der Waals surface area contributed by atoms with Crippen molar-refractivity contribution in [1.82, 2.24) is 14.9 Å². The van der Waals surface area contributed by atoms with E-state index >= 15 is 0 Å². The molecule has 6 nitrogen and oxygen atoms in total. The highest BCUT2D eigenvalue weighted by molar-refractivity contribution is 5.74. The molecule has 0 saturated carbocycles. The Hall–Kier alpha value is -2.63. The Morgan fingerprint density at radius 3 is 2.65 bits per heavy atom. The van der Waals surface area contributed by atoms with Crippen LogP contribution in [0.15, 0.2) is 30.3 Å². The van der Waals surface area contributed by atoms with Crippen LogP contribution < -0.4 is 9.47 Å². The fraction of sp³-hybridized carbons (Fsp3) is 0.353. The summed E-state index contributed by atoms with van der Waals surface area (Å²) in [6.07, 6.45) is 0. The van der Waals surface area contributed by atoms with Gasteiger partial charge in [-0.2, -0.15) is 4.98 Å². The predicted octanol–water partition coefficient (Wildman–Crippen LogP) is 2.53. The van der Waals surface area contributed by atoms with Gasteiger partial charge in [0.2, 0.25) is 11.8 Å². The fourth-order valence-corrected chi connectivity index (χ4v) is 2.48. The Morgan fingerprint density at radius 1 is 1.22 bits per heavy atom. The number of rotatable bonds is 4. The molecule has 1 aromatic heterocycles. The first-order valence-electron chi connectivity index (χ1n) is 7.48. The second kappa shape index (κ2) is 6.24. The first-order chi connectivity index (χ1) is 11.0. The van der Waals surface area contributed by atoms with Gasteiger partial charge in [-0.25, -0.2) is 4.98 Å². The van der Waals surface area contributed by atoms with Gasteiger partial charge >= 0.3 is 0 Å². The quantitative estimate of drug-likeness (QED) is 0.868. The van der Waals surface area contributed by atoms with E-state index < -0.39 is 0 Å². The van der Waals surface area contributed by atoms with E-state index in [9.17, 15) is 4.79 Å². The molecule has 0 spiro atoms. The molecular weight excluding hydrogens is 294 g/mol. The Balaban J connectivity index is 1.77. The van der Waals surface area contributed by atoms with Gasteiger partial charge in [0.25, 0.3) is 0 Å².